The molecule has 1 amide bonds. The van der Waals surface area contributed by atoms with Gasteiger partial charge < -0.3 is 10.6 Å². The molecule has 1 aromatic carbocycles. The van der Waals surface area contributed by atoms with Gasteiger partial charge in [-0.1, -0.05) is 12.8 Å². The molecule has 6 heteroatoms. The van der Waals surface area contributed by atoms with Gasteiger partial charge in [0.25, 0.3) is 11.6 Å². The Morgan fingerprint density at radius 3 is 2.76 bits per heavy atom. The molecule has 1 saturated carbocycles. The highest BCUT2D eigenvalue weighted by atomic mass is 16.6. The van der Waals surface area contributed by atoms with Crippen LogP contribution in [0.1, 0.15) is 43.5 Å². The fourth-order valence-electron chi connectivity index (χ4n) is 2.39. The van der Waals surface area contributed by atoms with E-state index in [0.717, 1.165) is 12.3 Å². The maximum absolute atomic E-state index is 11.8. The van der Waals surface area contributed by atoms with Crippen molar-refractivity contribution in [2.75, 3.05) is 11.9 Å². The first-order valence-corrected chi connectivity index (χ1v) is 7.34. The van der Waals surface area contributed by atoms with E-state index in [4.69, 9.17) is 0 Å². The van der Waals surface area contributed by atoms with E-state index in [1.54, 1.807) is 12.1 Å². The number of carbonyl (C=O) groups excluding carboxylic acids is 1. The molecule has 0 heterocycles. The Morgan fingerprint density at radius 2 is 2.19 bits per heavy atom. The molecular formula is C15H21N3O3. The summed E-state index contributed by atoms with van der Waals surface area (Å²) in [6.07, 6.45) is 3.53. The lowest BCUT2D eigenvalue weighted by Crippen LogP contribution is -2.23. The van der Waals surface area contributed by atoms with Crippen LogP contribution in [0.2, 0.25) is 0 Å². The molecular weight excluding hydrogens is 270 g/mol. The number of rotatable bonds is 7. The second kappa shape index (κ2) is 6.56. The highest BCUT2D eigenvalue weighted by molar-refractivity contribution is 5.95. The molecule has 2 N–H and O–H groups in total. The number of anilines is 1. The van der Waals surface area contributed by atoms with Crippen molar-refractivity contribution in [1.29, 1.82) is 0 Å². The van der Waals surface area contributed by atoms with Gasteiger partial charge in [-0.3, -0.25) is 14.9 Å². The molecule has 1 unspecified atom stereocenters. The molecule has 2 rings (SSSR count). The van der Waals surface area contributed by atoms with Gasteiger partial charge in [0, 0.05) is 24.2 Å². The summed E-state index contributed by atoms with van der Waals surface area (Å²) in [4.78, 5) is 22.5. The van der Waals surface area contributed by atoms with E-state index in [1.165, 1.54) is 18.9 Å². The first kappa shape index (κ1) is 15.3. The zero-order valence-corrected chi connectivity index (χ0v) is 12.4. The number of nitrogens with zero attached hydrogens (tertiary/aromatic N) is 1. The topological polar surface area (TPSA) is 84.3 Å². The minimum absolute atomic E-state index is 0.0543. The van der Waals surface area contributed by atoms with Crippen molar-refractivity contribution in [2.24, 2.45) is 5.92 Å². The highest BCUT2D eigenvalue weighted by Gasteiger charge is 2.25. The Balaban J connectivity index is 2.15. The van der Waals surface area contributed by atoms with Crippen molar-refractivity contribution in [3.05, 3.63) is 33.9 Å². The number of hydrogen-bond donors (Lipinski definition) is 2. The predicted octanol–water partition coefficient (Wildman–Crippen LogP) is 2.95. The molecule has 1 aromatic rings. The Labute approximate surface area is 124 Å². The van der Waals surface area contributed by atoms with Crippen LogP contribution in [0.4, 0.5) is 11.4 Å². The van der Waals surface area contributed by atoms with E-state index in [1.807, 2.05) is 13.8 Å². The number of carbonyl (C=O) groups is 1. The molecule has 6 nitrogen and oxygen atoms in total. The molecule has 0 aliphatic heterocycles. The van der Waals surface area contributed by atoms with Crippen molar-refractivity contribution in [1.82, 2.24) is 5.32 Å². The number of nitro groups is 1. The number of hydrogen-bond acceptors (Lipinski definition) is 4. The first-order chi connectivity index (χ1) is 10.0. The van der Waals surface area contributed by atoms with E-state index >= 15 is 0 Å². The van der Waals surface area contributed by atoms with E-state index in [0.29, 0.717) is 17.8 Å². The van der Waals surface area contributed by atoms with Crippen LogP contribution in [0.15, 0.2) is 18.2 Å². The van der Waals surface area contributed by atoms with Crippen LogP contribution in [0.25, 0.3) is 0 Å². The largest absolute Gasteiger partial charge is 0.377 e. The predicted molar refractivity (Wildman–Crippen MR) is 81.5 cm³/mol. The lowest BCUT2D eigenvalue weighted by molar-refractivity contribution is -0.384. The zero-order valence-electron chi connectivity index (χ0n) is 12.4. The first-order valence-electron chi connectivity index (χ1n) is 7.34. The highest BCUT2D eigenvalue weighted by Crippen LogP contribution is 2.35. The van der Waals surface area contributed by atoms with Crippen LogP contribution in [0.5, 0.6) is 0 Å². The van der Waals surface area contributed by atoms with Gasteiger partial charge in [-0.05, 0) is 38.3 Å². The van der Waals surface area contributed by atoms with Crippen molar-refractivity contribution in [2.45, 2.75) is 39.2 Å². The lowest BCUT2D eigenvalue weighted by atomic mass is 10.1. The smallest absolute Gasteiger partial charge is 0.293 e. The van der Waals surface area contributed by atoms with Crippen LogP contribution in [-0.4, -0.2) is 23.4 Å². The normalized spacial score (nSPS) is 15.3. The molecule has 1 aliphatic rings. The fraction of sp³-hybridized carbons (Fsp3) is 0.533. The average Bonchev–Trinajstić information content (AvgIpc) is 3.22. The second-order valence-corrected chi connectivity index (χ2v) is 5.57. The van der Waals surface area contributed by atoms with E-state index in [-0.39, 0.29) is 17.6 Å². The molecule has 0 aromatic heterocycles. The summed E-state index contributed by atoms with van der Waals surface area (Å²) in [5, 5.41) is 17.0. The van der Waals surface area contributed by atoms with Crippen molar-refractivity contribution in [3.63, 3.8) is 0 Å². The van der Waals surface area contributed by atoms with Crippen LogP contribution < -0.4 is 10.6 Å². The molecule has 21 heavy (non-hydrogen) atoms. The van der Waals surface area contributed by atoms with Gasteiger partial charge in [-0.2, -0.15) is 0 Å². The maximum atomic E-state index is 11.8. The van der Waals surface area contributed by atoms with E-state index in [9.17, 15) is 14.9 Å². The third kappa shape index (κ3) is 4.18. The average molecular weight is 291 g/mol. The van der Waals surface area contributed by atoms with Gasteiger partial charge in [-0.25, -0.2) is 0 Å². The van der Waals surface area contributed by atoms with Crippen molar-refractivity contribution in [3.8, 4) is 0 Å². The Hall–Kier alpha value is -2.11. The lowest BCUT2D eigenvalue weighted by Gasteiger charge is -2.15. The molecule has 0 spiro atoms. The second-order valence-electron chi connectivity index (χ2n) is 5.57. The van der Waals surface area contributed by atoms with Crippen LogP contribution >= 0.6 is 0 Å². The Morgan fingerprint density at radius 1 is 1.48 bits per heavy atom. The number of benzene rings is 1. The molecule has 0 saturated heterocycles. The van der Waals surface area contributed by atoms with Gasteiger partial charge in [0.15, 0.2) is 0 Å². The standard InChI is InChI=1S/C15H21N3O3/c1-3-16-15(19)12-6-7-13(14(9-12)18(20)21)17-10(2)8-11-4-5-11/h6-7,9-11,17H,3-5,8H2,1-2H3,(H,16,19). The molecule has 1 atom stereocenters. The molecule has 1 fully saturated rings. The minimum atomic E-state index is -0.450. The number of nitro benzene ring substituents is 1. The summed E-state index contributed by atoms with van der Waals surface area (Å²) in [6.45, 7) is 4.33. The van der Waals surface area contributed by atoms with E-state index in [2.05, 4.69) is 10.6 Å². The summed E-state index contributed by atoms with van der Waals surface area (Å²) in [5.74, 6) is 0.458. The van der Waals surface area contributed by atoms with Crippen LogP contribution in [0.3, 0.4) is 0 Å². The zero-order chi connectivity index (χ0) is 15.4. The summed E-state index contributed by atoms with van der Waals surface area (Å²) in [7, 11) is 0. The Bertz CT molecular complexity index is 541. The molecule has 0 radical (unpaired) electrons. The minimum Gasteiger partial charge on any atom is -0.377 e. The van der Waals surface area contributed by atoms with E-state index < -0.39 is 4.92 Å². The van der Waals surface area contributed by atoms with Crippen molar-refractivity contribution < 1.29 is 9.72 Å². The van der Waals surface area contributed by atoms with Crippen LogP contribution in [0, 0.1) is 16.0 Å². The third-order valence-corrected chi connectivity index (χ3v) is 3.58. The molecule has 0 bridgehead atoms. The van der Waals surface area contributed by atoms with Gasteiger partial charge in [0.2, 0.25) is 0 Å². The summed E-state index contributed by atoms with van der Waals surface area (Å²) in [5.41, 5.74) is 0.728. The number of nitrogens with one attached hydrogen (secondary N) is 2. The summed E-state index contributed by atoms with van der Waals surface area (Å²) in [6, 6.07) is 4.75. The summed E-state index contributed by atoms with van der Waals surface area (Å²) < 4.78 is 0. The summed E-state index contributed by atoms with van der Waals surface area (Å²) >= 11 is 0. The van der Waals surface area contributed by atoms with Gasteiger partial charge in [-0.15, -0.1) is 0 Å². The van der Waals surface area contributed by atoms with Gasteiger partial charge in [0.1, 0.15) is 5.69 Å². The van der Waals surface area contributed by atoms with Crippen molar-refractivity contribution >= 4 is 17.3 Å². The van der Waals surface area contributed by atoms with Gasteiger partial charge >= 0.3 is 0 Å². The molecule has 1 aliphatic carbocycles. The number of amides is 1. The van der Waals surface area contributed by atoms with Crippen LogP contribution in [-0.2, 0) is 0 Å². The molecule has 114 valence electrons. The quantitative estimate of drug-likeness (QED) is 0.597. The monoisotopic (exact) mass is 291 g/mol. The Kier molecular flexibility index (Phi) is 4.77. The maximum Gasteiger partial charge on any atom is 0.293 e. The fourth-order valence-corrected chi connectivity index (χ4v) is 2.39. The third-order valence-electron chi connectivity index (χ3n) is 3.58. The van der Waals surface area contributed by atoms with Gasteiger partial charge in [0.05, 0.1) is 4.92 Å². The SMILES string of the molecule is CCNC(=O)c1ccc(NC(C)CC2CC2)c([N+](=O)[O-])c1.